The maximum atomic E-state index is 5.22. The molecule has 0 radical (unpaired) electrons. The molecule has 17 heavy (non-hydrogen) atoms. The van der Waals surface area contributed by atoms with Crippen LogP contribution in [0.1, 0.15) is 43.0 Å². The van der Waals surface area contributed by atoms with Crippen molar-refractivity contribution >= 4 is 0 Å². The molecule has 1 N–H and O–H groups in total. The Morgan fingerprint density at radius 3 is 2.24 bits per heavy atom. The van der Waals surface area contributed by atoms with Crippen molar-refractivity contribution in [2.75, 3.05) is 13.7 Å². The number of aryl methyl sites for hydroxylation is 2. The molecular formula is C15H25NO. The summed E-state index contributed by atoms with van der Waals surface area (Å²) in [5.74, 6) is 0. The van der Waals surface area contributed by atoms with E-state index in [1.165, 1.54) is 16.7 Å². The van der Waals surface area contributed by atoms with Crippen molar-refractivity contribution in [2.45, 2.75) is 46.2 Å². The van der Waals surface area contributed by atoms with Crippen molar-refractivity contribution in [1.29, 1.82) is 0 Å². The van der Waals surface area contributed by atoms with Crippen LogP contribution in [-0.4, -0.2) is 19.8 Å². The highest BCUT2D eigenvalue weighted by atomic mass is 16.5. The summed E-state index contributed by atoms with van der Waals surface area (Å²) in [7, 11) is 1.76. The molecule has 1 aromatic carbocycles. The Morgan fingerprint density at radius 2 is 1.76 bits per heavy atom. The first-order chi connectivity index (χ1) is 8.06. The molecule has 0 aliphatic heterocycles. The Morgan fingerprint density at radius 1 is 1.18 bits per heavy atom. The summed E-state index contributed by atoms with van der Waals surface area (Å²) < 4.78 is 5.22. The lowest BCUT2D eigenvalue weighted by molar-refractivity contribution is 0.159. The Labute approximate surface area is 105 Å². The number of rotatable bonds is 6. The smallest absolute Gasteiger partial charge is 0.0615 e. The molecule has 2 unspecified atom stereocenters. The Balaban J connectivity index is 2.71. The summed E-state index contributed by atoms with van der Waals surface area (Å²) in [5, 5.41) is 3.61. The second-order valence-corrected chi connectivity index (χ2v) is 4.87. The minimum absolute atomic E-state index is 0.369. The molecule has 0 amide bonds. The highest BCUT2D eigenvalue weighted by molar-refractivity contribution is 5.30. The van der Waals surface area contributed by atoms with Gasteiger partial charge in [-0.2, -0.15) is 0 Å². The molecule has 2 heteroatoms. The molecule has 0 fully saturated rings. The van der Waals surface area contributed by atoms with Gasteiger partial charge in [0.05, 0.1) is 6.61 Å². The first-order valence-corrected chi connectivity index (χ1v) is 6.40. The van der Waals surface area contributed by atoms with Crippen LogP contribution in [0.3, 0.4) is 0 Å². The van der Waals surface area contributed by atoms with E-state index in [-0.39, 0.29) is 0 Å². The van der Waals surface area contributed by atoms with Crippen molar-refractivity contribution in [3.8, 4) is 0 Å². The van der Waals surface area contributed by atoms with Crippen molar-refractivity contribution in [2.24, 2.45) is 0 Å². The van der Waals surface area contributed by atoms with Crippen LogP contribution in [0.5, 0.6) is 0 Å². The molecule has 0 aliphatic rings. The van der Waals surface area contributed by atoms with Gasteiger partial charge in [0, 0.05) is 19.2 Å². The number of hydrogen-bond donors (Lipinski definition) is 1. The molecule has 0 spiro atoms. The van der Waals surface area contributed by atoms with Gasteiger partial charge in [-0.3, -0.25) is 0 Å². The van der Waals surface area contributed by atoms with E-state index in [9.17, 15) is 0 Å². The third-order valence-electron chi connectivity index (χ3n) is 3.09. The maximum absolute atomic E-state index is 5.22. The van der Waals surface area contributed by atoms with E-state index in [1.54, 1.807) is 7.11 Å². The monoisotopic (exact) mass is 235 g/mol. The van der Waals surface area contributed by atoms with E-state index in [0.717, 1.165) is 13.0 Å². The van der Waals surface area contributed by atoms with Gasteiger partial charge in [-0.15, -0.1) is 0 Å². The van der Waals surface area contributed by atoms with Gasteiger partial charge in [-0.1, -0.05) is 36.2 Å². The molecule has 0 bridgehead atoms. The van der Waals surface area contributed by atoms with Gasteiger partial charge in [0.25, 0.3) is 0 Å². The van der Waals surface area contributed by atoms with E-state index in [2.05, 4.69) is 51.2 Å². The van der Waals surface area contributed by atoms with Crippen LogP contribution in [0.2, 0.25) is 0 Å². The van der Waals surface area contributed by atoms with Crippen molar-refractivity contribution in [1.82, 2.24) is 5.32 Å². The quantitative estimate of drug-likeness (QED) is 0.816. The maximum Gasteiger partial charge on any atom is 0.0615 e. The van der Waals surface area contributed by atoms with Gasteiger partial charge < -0.3 is 10.1 Å². The molecular weight excluding hydrogens is 210 g/mol. The standard InChI is InChI=1S/C15H25NO/c1-6-15(10-17-5)16-13(4)14-8-11(2)7-12(3)9-14/h7-9,13,15-16H,6,10H2,1-5H3. The van der Waals surface area contributed by atoms with Gasteiger partial charge in [-0.05, 0) is 32.8 Å². The van der Waals surface area contributed by atoms with E-state index in [1.807, 2.05) is 0 Å². The lowest BCUT2D eigenvalue weighted by atomic mass is 10.0. The summed E-state index contributed by atoms with van der Waals surface area (Å²) in [5.41, 5.74) is 4.01. The van der Waals surface area contributed by atoms with Gasteiger partial charge in [-0.25, -0.2) is 0 Å². The number of nitrogens with one attached hydrogen (secondary N) is 1. The first kappa shape index (κ1) is 14.2. The summed E-state index contributed by atoms with van der Waals surface area (Å²) in [4.78, 5) is 0. The molecule has 96 valence electrons. The third kappa shape index (κ3) is 4.49. The topological polar surface area (TPSA) is 21.3 Å². The van der Waals surface area contributed by atoms with Gasteiger partial charge in [0.2, 0.25) is 0 Å². The first-order valence-electron chi connectivity index (χ1n) is 6.40. The molecule has 2 nitrogen and oxygen atoms in total. The molecule has 0 saturated carbocycles. The minimum atomic E-state index is 0.369. The second-order valence-electron chi connectivity index (χ2n) is 4.87. The van der Waals surface area contributed by atoms with E-state index >= 15 is 0 Å². The van der Waals surface area contributed by atoms with Crippen LogP contribution >= 0.6 is 0 Å². The van der Waals surface area contributed by atoms with Crippen molar-refractivity contribution < 1.29 is 4.74 Å². The molecule has 0 heterocycles. The van der Waals surface area contributed by atoms with E-state index in [4.69, 9.17) is 4.74 Å². The predicted octanol–water partition coefficient (Wildman–Crippen LogP) is 3.38. The number of benzene rings is 1. The van der Waals surface area contributed by atoms with Crippen molar-refractivity contribution in [3.05, 3.63) is 34.9 Å². The van der Waals surface area contributed by atoms with Gasteiger partial charge in [0.15, 0.2) is 0 Å². The fourth-order valence-electron chi connectivity index (χ4n) is 2.19. The number of ether oxygens (including phenoxy) is 1. The van der Waals surface area contributed by atoms with Gasteiger partial charge >= 0.3 is 0 Å². The van der Waals surface area contributed by atoms with Crippen LogP contribution < -0.4 is 5.32 Å². The fourth-order valence-corrected chi connectivity index (χ4v) is 2.19. The van der Waals surface area contributed by atoms with E-state index < -0.39 is 0 Å². The highest BCUT2D eigenvalue weighted by Crippen LogP contribution is 2.17. The molecule has 1 aromatic rings. The molecule has 1 rings (SSSR count). The summed E-state index contributed by atoms with van der Waals surface area (Å²) in [6.07, 6.45) is 1.09. The van der Waals surface area contributed by atoms with Crippen molar-refractivity contribution in [3.63, 3.8) is 0 Å². The normalized spacial score (nSPS) is 14.6. The Kier molecular flexibility index (Phi) is 5.66. The molecule has 0 aromatic heterocycles. The number of methoxy groups -OCH3 is 1. The average molecular weight is 235 g/mol. The Hall–Kier alpha value is -0.860. The zero-order valence-electron chi connectivity index (χ0n) is 11.7. The van der Waals surface area contributed by atoms with Crippen LogP contribution in [0.25, 0.3) is 0 Å². The molecule has 0 saturated heterocycles. The van der Waals surface area contributed by atoms with Crippen LogP contribution in [0.4, 0.5) is 0 Å². The minimum Gasteiger partial charge on any atom is -0.383 e. The zero-order valence-corrected chi connectivity index (χ0v) is 11.7. The lowest BCUT2D eigenvalue weighted by Gasteiger charge is -2.22. The van der Waals surface area contributed by atoms with Crippen LogP contribution in [0.15, 0.2) is 18.2 Å². The van der Waals surface area contributed by atoms with Gasteiger partial charge in [0.1, 0.15) is 0 Å². The summed E-state index contributed by atoms with van der Waals surface area (Å²) in [6.45, 7) is 9.47. The SMILES string of the molecule is CCC(COC)NC(C)c1cc(C)cc(C)c1. The Bertz CT molecular complexity index is 329. The van der Waals surface area contributed by atoms with Crippen LogP contribution in [-0.2, 0) is 4.74 Å². The summed E-state index contributed by atoms with van der Waals surface area (Å²) >= 11 is 0. The third-order valence-corrected chi connectivity index (χ3v) is 3.09. The average Bonchev–Trinajstić information content (AvgIpc) is 2.27. The zero-order chi connectivity index (χ0) is 12.8. The summed E-state index contributed by atoms with van der Waals surface area (Å²) in [6, 6.07) is 7.52. The fraction of sp³-hybridized carbons (Fsp3) is 0.600. The lowest BCUT2D eigenvalue weighted by Crippen LogP contribution is -2.34. The largest absolute Gasteiger partial charge is 0.383 e. The second kappa shape index (κ2) is 6.77. The molecule has 0 aliphatic carbocycles. The predicted molar refractivity (Wildman–Crippen MR) is 73.4 cm³/mol. The molecule has 2 atom stereocenters. The number of hydrogen-bond acceptors (Lipinski definition) is 2. The van der Waals surface area contributed by atoms with Crippen LogP contribution in [0, 0.1) is 13.8 Å². The van der Waals surface area contributed by atoms with E-state index in [0.29, 0.717) is 12.1 Å². The highest BCUT2D eigenvalue weighted by Gasteiger charge is 2.12.